The third kappa shape index (κ3) is 1.43. The zero-order valence-electron chi connectivity index (χ0n) is 7.77. The van der Waals surface area contributed by atoms with Gasteiger partial charge in [0.15, 0.2) is 0 Å². The standard InChI is InChI=1S/C9H14N4/c1-13-5-3-8-7(9(13)6-10)2-4-11-12-8/h2,4,9H,3,5-6,10H2,1H3. The van der Waals surface area contributed by atoms with Crippen molar-refractivity contribution in [1.29, 1.82) is 0 Å². The van der Waals surface area contributed by atoms with Crippen LogP contribution in [0.5, 0.6) is 0 Å². The predicted octanol–water partition coefficient (Wildman–Crippen LogP) is -0.0357. The van der Waals surface area contributed by atoms with Crippen molar-refractivity contribution in [3.63, 3.8) is 0 Å². The largest absolute Gasteiger partial charge is 0.329 e. The molecule has 1 aromatic rings. The molecule has 4 heteroatoms. The number of fused-ring (bicyclic) bond motifs is 1. The maximum absolute atomic E-state index is 5.72. The molecule has 0 fully saturated rings. The highest BCUT2D eigenvalue weighted by Crippen LogP contribution is 2.25. The normalized spacial score (nSPS) is 22.8. The van der Waals surface area contributed by atoms with Crippen molar-refractivity contribution in [3.05, 3.63) is 23.5 Å². The van der Waals surface area contributed by atoms with E-state index in [2.05, 4.69) is 22.1 Å². The zero-order chi connectivity index (χ0) is 9.26. The van der Waals surface area contributed by atoms with E-state index in [4.69, 9.17) is 5.73 Å². The van der Waals surface area contributed by atoms with Crippen LogP contribution in [0, 0.1) is 0 Å². The fourth-order valence-electron chi connectivity index (χ4n) is 1.85. The minimum atomic E-state index is 0.319. The maximum Gasteiger partial charge on any atom is 0.0692 e. The van der Waals surface area contributed by atoms with Crippen molar-refractivity contribution in [3.8, 4) is 0 Å². The lowest BCUT2D eigenvalue weighted by Crippen LogP contribution is -2.37. The van der Waals surface area contributed by atoms with Gasteiger partial charge >= 0.3 is 0 Å². The summed E-state index contributed by atoms with van der Waals surface area (Å²) in [6.07, 6.45) is 2.72. The smallest absolute Gasteiger partial charge is 0.0692 e. The summed E-state index contributed by atoms with van der Waals surface area (Å²) in [6.45, 7) is 1.67. The minimum absolute atomic E-state index is 0.319. The second-order valence-electron chi connectivity index (χ2n) is 3.42. The molecule has 0 bridgehead atoms. The van der Waals surface area contributed by atoms with Crippen molar-refractivity contribution in [2.75, 3.05) is 20.1 Å². The van der Waals surface area contributed by atoms with Gasteiger partial charge in [0.2, 0.25) is 0 Å². The lowest BCUT2D eigenvalue weighted by atomic mass is 9.98. The molecule has 2 rings (SSSR count). The Hall–Kier alpha value is -1.00. The number of nitrogens with zero attached hydrogens (tertiary/aromatic N) is 3. The van der Waals surface area contributed by atoms with Gasteiger partial charge in [0.05, 0.1) is 5.69 Å². The molecule has 0 aliphatic carbocycles. The number of hydrogen-bond acceptors (Lipinski definition) is 4. The van der Waals surface area contributed by atoms with Gasteiger partial charge in [0.25, 0.3) is 0 Å². The van der Waals surface area contributed by atoms with Crippen molar-refractivity contribution >= 4 is 0 Å². The van der Waals surface area contributed by atoms with Crippen LogP contribution in [-0.4, -0.2) is 35.2 Å². The van der Waals surface area contributed by atoms with E-state index in [0.717, 1.165) is 18.7 Å². The first-order valence-corrected chi connectivity index (χ1v) is 4.53. The molecule has 0 amide bonds. The number of rotatable bonds is 1. The molecule has 70 valence electrons. The van der Waals surface area contributed by atoms with Gasteiger partial charge < -0.3 is 5.73 Å². The molecule has 0 radical (unpaired) electrons. The summed E-state index contributed by atoms with van der Waals surface area (Å²) < 4.78 is 0. The van der Waals surface area contributed by atoms with E-state index >= 15 is 0 Å². The van der Waals surface area contributed by atoms with Crippen LogP contribution >= 0.6 is 0 Å². The summed E-state index contributed by atoms with van der Waals surface area (Å²) in [5, 5.41) is 8.00. The van der Waals surface area contributed by atoms with Crippen LogP contribution < -0.4 is 5.73 Å². The van der Waals surface area contributed by atoms with Crippen LogP contribution in [0.3, 0.4) is 0 Å². The first-order valence-electron chi connectivity index (χ1n) is 4.53. The summed E-state index contributed by atoms with van der Waals surface area (Å²) in [5.74, 6) is 0. The van der Waals surface area contributed by atoms with E-state index in [9.17, 15) is 0 Å². The van der Waals surface area contributed by atoms with Crippen LogP contribution in [0.1, 0.15) is 17.3 Å². The highest BCUT2D eigenvalue weighted by Gasteiger charge is 2.23. The second kappa shape index (κ2) is 3.40. The topological polar surface area (TPSA) is 55.0 Å². The minimum Gasteiger partial charge on any atom is -0.329 e. The molecule has 4 nitrogen and oxygen atoms in total. The Morgan fingerprint density at radius 1 is 1.69 bits per heavy atom. The Balaban J connectivity index is 2.39. The molecular weight excluding hydrogens is 164 g/mol. The maximum atomic E-state index is 5.72. The van der Waals surface area contributed by atoms with Crippen LogP contribution in [-0.2, 0) is 6.42 Å². The van der Waals surface area contributed by atoms with Crippen molar-refractivity contribution in [2.45, 2.75) is 12.5 Å². The molecular formula is C9H14N4. The van der Waals surface area contributed by atoms with E-state index in [1.807, 2.05) is 6.07 Å². The highest BCUT2D eigenvalue weighted by atomic mass is 15.2. The average Bonchev–Trinajstić information content (AvgIpc) is 2.18. The molecule has 1 atom stereocenters. The average molecular weight is 178 g/mol. The predicted molar refractivity (Wildman–Crippen MR) is 50.2 cm³/mol. The summed E-state index contributed by atoms with van der Waals surface area (Å²) in [4.78, 5) is 2.27. The number of likely N-dealkylation sites (N-methyl/N-ethyl adjacent to an activating group) is 1. The molecule has 0 saturated heterocycles. The summed E-state index contributed by atoms with van der Waals surface area (Å²) >= 11 is 0. The summed E-state index contributed by atoms with van der Waals surface area (Å²) in [7, 11) is 2.10. The molecule has 0 saturated carbocycles. The van der Waals surface area contributed by atoms with E-state index in [0.29, 0.717) is 12.6 Å². The van der Waals surface area contributed by atoms with E-state index in [1.165, 1.54) is 5.56 Å². The molecule has 1 aromatic heterocycles. The fourth-order valence-corrected chi connectivity index (χ4v) is 1.85. The van der Waals surface area contributed by atoms with Crippen LogP contribution in [0.2, 0.25) is 0 Å². The Morgan fingerprint density at radius 2 is 2.54 bits per heavy atom. The number of hydrogen-bond donors (Lipinski definition) is 1. The van der Waals surface area contributed by atoms with Gasteiger partial charge in [-0.15, -0.1) is 0 Å². The molecule has 13 heavy (non-hydrogen) atoms. The Kier molecular flexibility index (Phi) is 2.24. The van der Waals surface area contributed by atoms with Crippen molar-refractivity contribution in [2.24, 2.45) is 5.73 Å². The van der Waals surface area contributed by atoms with E-state index in [-0.39, 0.29) is 0 Å². The first kappa shape index (κ1) is 8.59. The molecule has 1 aliphatic rings. The molecule has 2 heterocycles. The van der Waals surface area contributed by atoms with Crippen molar-refractivity contribution in [1.82, 2.24) is 15.1 Å². The SMILES string of the molecule is CN1CCc2nnccc2C1CN. The van der Waals surface area contributed by atoms with Crippen LogP contribution in [0.15, 0.2) is 12.3 Å². The van der Waals surface area contributed by atoms with Gasteiger partial charge in [-0.05, 0) is 18.7 Å². The first-order chi connectivity index (χ1) is 6.33. The number of nitrogens with two attached hydrogens (primary N) is 1. The third-order valence-electron chi connectivity index (χ3n) is 2.65. The monoisotopic (exact) mass is 178 g/mol. The molecule has 1 unspecified atom stereocenters. The second-order valence-corrected chi connectivity index (χ2v) is 3.42. The Labute approximate surface area is 77.8 Å². The van der Waals surface area contributed by atoms with Crippen molar-refractivity contribution < 1.29 is 0 Å². The molecule has 0 spiro atoms. The molecule has 2 N–H and O–H groups in total. The van der Waals surface area contributed by atoms with Gasteiger partial charge in [-0.25, -0.2) is 0 Å². The van der Waals surface area contributed by atoms with E-state index < -0.39 is 0 Å². The Bertz CT molecular complexity index is 299. The van der Waals surface area contributed by atoms with Gasteiger partial charge in [0, 0.05) is 31.7 Å². The Morgan fingerprint density at radius 3 is 3.31 bits per heavy atom. The molecule has 1 aliphatic heterocycles. The summed E-state index contributed by atoms with van der Waals surface area (Å²) in [6, 6.07) is 2.34. The third-order valence-corrected chi connectivity index (χ3v) is 2.65. The lowest BCUT2D eigenvalue weighted by Gasteiger charge is -2.32. The van der Waals surface area contributed by atoms with Gasteiger partial charge in [-0.1, -0.05) is 0 Å². The summed E-state index contributed by atoms with van der Waals surface area (Å²) in [5.41, 5.74) is 8.07. The van der Waals surface area contributed by atoms with Crippen LogP contribution in [0.25, 0.3) is 0 Å². The number of aromatic nitrogens is 2. The molecule has 0 aromatic carbocycles. The lowest BCUT2D eigenvalue weighted by molar-refractivity contribution is 0.233. The van der Waals surface area contributed by atoms with E-state index in [1.54, 1.807) is 6.20 Å². The van der Waals surface area contributed by atoms with Gasteiger partial charge in [0.1, 0.15) is 0 Å². The fraction of sp³-hybridized carbons (Fsp3) is 0.556. The zero-order valence-corrected chi connectivity index (χ0v) is 7.77. The van der Waals surface area contributed by atoms with Gasteiger partial charge in [-0.3, -0.25) is 4.90 Å². The highest BCUT2D eigenvalue weighted by molar-refractivity contribution is 5.24. The quantitative estimate of drug-likeness (QED) is 0.656. The van der Waals surface area contributed by atoms with Crippen LogP contribution in [0.4, 0.5) is 0 Å². The van der Waals surface area contributed by atoms with Gasteiger partial charge in [-0.2, -0.15) is 10.2 Å².